The molecule has 0 spiro atoms. The van der Waals surface area contributed by atoms with Gasteiger partial charge in [0.1, 0.15) is 11.5 Å². The van der Waals surface area contributed by atoms with Crippen molar-refractivity contribution >= 4 is 11.9 Å². The summed E-state index contributed by atoms with van der Waals surface area (Å²) in [7, 11) is 1.52. The molecule has 0 bridgehead atoms. The van der Waals surface area contributed by atoms with E-state index >= 15 is 0 Å². The van der Waals surface area contributed by atoms with Gasteiger partial charge in [-0.25, -0.2) is 4.79 Å². The molecule has 0 saturated carbocycles. The molecule has 1 amide bonds. The van der Waals surface area contributed by atoms with Crippen LogP contribution in [0, 0.1) is 13.8 Å². The number of rotatable bonds is 7. The van der Waals surface area contributed by atoms with Gasteiger partial charge < -0.3 is 19.9 Å². The predicted octanol–water partition coefficient (Wildman–Crippen LogP) is 2.63. The zero-order chi connectivity index (χ0) is 18.4. The second-order valence-electron chi connectivity index (χ2n) is 5.62. The normalized spacial score (nSPS) is 11.5. The van der Waals surface area contributed by atoms with Gasteiger partial charge in [-0.05, 0) is 42.7 Å². The van der Waals surface area contributed by atoms with E-state index in [9.17, 15) is 14.7 Å². The third-order valence-electron chi connectivity index (χ3n) is 3.76. The molecule has 0 aliphatic carbocycles. The molecule has 1 atom stereocenters. The van der Waals surface area contributed by atoms with Gasteiger partial charge in [0.25, 0.3) is 5.91 Å². The molecule has 2 aromatic rings. The van der Waals surface area contributed by atoms with Crippen LogP contribution in [0.1, 0.15) is 22.7 Å². The number of benzene rings is 2. The van der Waals surface area contributed by atoms with Gasteiger partial charge >= 0.3 is 5.97 Å². The van der Waals surface area contributed by atoms with E-state index in [0.29, 0.717) is 17.1 Å². The minimum absolute atomic E-state index is 0.258. The van der Waals surface area contributed by atoms with Crippen molar-refractivity contribution in [3.63, 3.8) is 0 Å². The van der Waals surface area contributed by atoms with Crippen LogP contribution in [0.15, 0.2) is 42.5 Å². The Labute approximate surface area is 146 Å². The zero-order valence-corrected chi connectivity index (χ0v) is 14.4. The smallest absolute Gasteiger partial charge is 0.330 e. The lowest BCUT2D eigenvalue weighted by Crippen LogP contribution is -2.36. The highest BCUT2D eigenvalue weighted by Gasteiger charge is 2.22. The summed E-state index contributed by atoms with van der Waals surface area (Å²) in [6.07, 6.45) is 0. The maximum absolute atomic E-state index is 12.1. The largest absolute Gasteiger partial charge is 0.497 e. The summed E-state index contributed by atoms with van der Waals surface area (Å²) >= 11 is 0. The molecule has 0 aliphatic rings. The number of carbonyl (C=O) groups excluding carboxylic acids is 1. The quantitative estimate of drug-likeness (QED) is 0.807. The topological polar surface area (TPSA) is 84.9 Å². The van der Waals surface area contributed by atoms with Crippen molar-refractivity contribution in [1.82, 2.24) is 5.32 Å². The first-order valence-electron chi connectivity index (χ1n) is 7.77. The number of nitrogens with one attached hydrogen (secondary N) is 1. The molecule has 25 heavy (non-hydrogen) atoms. The number of aryl methyl sites for hydroxylation is 2. The molecule has 2 N–H and O–H groups in total. The van der Waals surface area contributed by atoms with Crippen LogP contribution in [0.25, 0.3) is 0 Å². The SMILES string of the molecule is COc1ccc(C(NC(=O)COc2c(C)cccc2C)C(=O)O)cc1. The van der Waals surface area contributed by atoms with Crippen LogP contribution in [-0.4, -0.2) is 30.7 Å². The Balaban J connectivity index is 2.04. The van der Waals surface area contributed by atoms with E-state index < -0.39 is 17.9 Å². The van der Waals surface area contributed by atoms with Crippen LogP contribution in [0.5, 0.6) is 11.5 Å². The lowest BCUT2D eigenvalue weighted by atomic mass is 10.1. The molecular weight excluding hydrogens is 322 g/mol. The molecule has 6 heteroatoms. The second-order valence-corrected chi connectivity index (χ2v) is 5.62. The van der Waals surface area contributed by atoms with Gasteiger partial charge in [-0.2, -0.15) is 0 Å². The van der Waals surface area contributed by atoms with E-state index in [2.05, 4.69) is 5.32 Å². The molecule has 132 valence electrons. The fourth-order valence-corrected chi connectivity index (χ4v) is 2.45. The Morgan fingerprint density at radius 3 is 2.20 bits per heavy atom. The highest BCUT2D eigenvalue weighted by molar-refractivity contribution is 5.85. The van der Waals surface area contributed by atoms with Crippen molar-refractivity contribution in [2.45, 2.75) is 19.9 Å². The minimum atomic E-state index is -1.15. The second kappa shape index (κ2) is 8.19. The third kappa shape index (κ3) is 4.73. The summed E-state index contributed by atoms with van der Waals surface area (Å²) in [6, 6.07) is 11.0. The first kappa shape index (κ1) is 18.3. The van der Waals surface area contributed by atoms with Gasteiger partial charge in [0.05, 0.1) is 7.11 Å². The number of amides is 1. The first-order chi connectivity index (χ1) is 11.9. The summed E-state index contributed by atoms with van der Waals surface area (Å²) in [5.74, 6) is -0.414. The van der Waals surface area contributed by atoms with Crippen LogP contribution >= 0.6 is 0 Å². The van der Waals surface area contributed by atoms with E-state index in [1.807, 2.05) is 32.0 Å². The van der Waals surface area contributed by atoms with E-state index in [4.69, 9.17) is 9.47 Å². The van der Waals surface area contributed by atoms with Gasteiger partial charge in [-0.3, -0.25) is 4.79 Å². The number of hydrogen-bond donors (Lipinski definition) is 2. The lowest BCUT2D eigenvalue weighted by Gasteiger charge is -2.16. The summed E-state index contributed by atoms with van der Waals surface area (Å²) in [6.45, 7) is 3.51. The van der Waals surface area contributed by atoms with Crippen molar-refractivity contribution in [3.8, 4) is 11.5 Å². The average molecular weight is 343 g/mol. The van der Waals surface area contributed by atoms with Crippen LogP contribution in [0.4, 0.5) is 0 Å². The minimum Gasteiger partial charge on any atom is -0.497 e. The summed E-state index contributed by atoms with van der Waals surface area (Å²) in [5, 5.41) is 11.9. The van der Waals surface area contributed by atoms with Gasteiger partial charge in [-0.15, -0.1) is 0 Å². The Morgan fingerprint density at radius 1 is 1.08 bits per heavy atom. The van der Waals surface area contributed by atoms with Gasteiger partial charge in [0.15, 0.2) is 12.6 Å². The highest BCUT2D eigenvalue weighted by Crippen LogP contribution is 2.22. The van der Waals surface area contributed by atoms with Crippen molar-refractivity contribution in [3.05, 3.63) is 59.2 Å². The molecule has 0 fully saturated rings. The van der Waals surface area contributed by atoms with Crippen molar-refractivity contribution in [1.29, 1.82) is 0 Å². The average Bonchev–Trinajstić information content (AvgIpc) is 2.59. The molecular formula is C19H21NO5. The number of carboxylic acid groups (broad SMARTS) is 1. The van der Waals surface area contributed by atoms with Crippen LogP contribution in [-0.2, 0) is 9.59 Å². The first-order valence-corrected chi connectivity index (χ1v) is 7.77. The maximum Gasteiger partial charge on any atom is 0.330 e. The number of ether oxygens (including phenoxy) is 2. The van der Waals surface area contributed by atoms with Crippen LogP contribution in [0.3, 0.4) is 0 Å². The van der Waals surface area contributed by atoms with Crippen LogP contribution in [0.2, 0.25) is 0 Å². The van der Waals surface area contributed by atoms with Crippen LogP contribution < -0.4 is 14.8 Å². The molecule has 2 rings (SSSR count). The number of carbonyl (C=O) groups is 2. The predicted molar refractivity (Wildman–Crippen MR) is 92.9 cm³/mol. The fourth-order valence-electron chi connectivity index (χ4n) is 2.45. The summed E-state index contributed by atoms with van der Waals surface area (Å²) < 4.78 is 10.6. The molecule has 6 nitrogen and oxygen atoms in total. The number of hydrogen-bond acceptors (Lipinski definition) is 4. The fraction of sp³-hybridized carbons (Fsp3) is 0.263. The van der Waals surface area contributed by atoms with Gasteiger partial charge in [0, 0.05) is 0 Å². The maximum atomic E-state index is 12.1. The lowest BCUT2D eigenvalue weighted by molar-refractivity contribution is -0.142. The van der Waals surface area contributed by atoms with Crippen molar-refractivity contribution in [2.75, 3.05) is 13.7 Å². The third-order valence-corrected chi connectivity index (χ3v) is 3.76. The number of aliphatic carboxylic acids is 1. The summed E-state index contributed by atoms with van der Waals surface area (Å²) in [4.78, 5) is 23.6. The van der Waals surface area contributed by atoms with E-state index in [1.165, 1.54) is 7.11 Å². The van der Waals surface area contributed by atoms with E-state index in [0.717, 1.165) is 11.1 Å². The molecule has 0 heterocycles. The number of carboxylic acids is 1. The molecule has 1 unspecified atom stereocenters. The number of methoxy groups -OCH3 is 1. The monoisotopic (exact) mass is 343 g/mol. The molecule has 2 aromatic carbocycles. The van der Waals surface area contributed by atoms with Crippen molar-refractivity contribution in [2.24, 2.45) is 0 Å². The van der Waals surface area contributed by atoms with E-state index in [1.54, 1.807) is 24.3 Å². The molecule has 0 radical (unpaired) electrons. The molecule has 0 aromatic heterocycles. The standard InChI is InChI=1S/C19H21NO5/c1-12-5-4-6-13(2)18(12)25-11-16(21)20-17(19(22)23)14-7-9-15(24-3)10-8-14/h4-10,17H,11H2,1-3H3,(H,20,21)(H,22,23). The van der Waals surface area contributed by atoms with Crippen molar-refractivity contribution < 1.29 is 24.2 Å². The summed E-state index contributed by atoms with van der Waals surface area (Å²) in [5.41, 5.74) is 2.28. The van der Waals surface area contributed by atoms with Gasteiger partial charge in [0.2, 0.25) is 0 Å². The number of para-hydroxylation sites is 1. The zero-order valence-electron chi connectivity index (χ0n) is 14.4. The van der Waals surface area contributed by atoms with E-state index in [-0.39, 0.29) is 6.61 Å². The van der Waals surface area contributed by atoms with Gasteiger partial charge in [-0.1, -0.05) is 30.3 Å². The highest BCUT2D eigenvalue weighted by atomic mass is 16.5. The Bertz CT molecular complexity index is 735. The Kier molecular flexibility index (Phi) is 6.00. The Morgan fingerprint density at radius 2 is 1.68 bits per heavy atom. The molecule has 0 aliphatic heterocycles. The Hall–Kier alpha value is -3.02. The molecule has 0 saturated heterocycles.